The summed E-state index contributed by atoms with van der Waals surface area (Å²) in [5, 5.41) is 5.81. The largest absolute Gasteiger partial charge is 0.416 e. The third kappa shape index (κ3) is 4.63. The minimum Gasteiger partial charge on any atom is -0.350 e. The molecule has 1 saturated heterocycles. The van der Waals surface area contributed by atoms with Crippen LogP contribution in [0.4, 0.5) is 30.6 Å². The second kappa shape index (κ2) is 6.75. The van der Waals surface area contributed by atoms with Gasteiger partial charge in [-0.1, -0.05) is 6.07 Å². The monoisotopic (exact) mass is 386 g/mol. The molecule has 0 bridgehead atoms. The molecule has 1 aliphatic rings. The third-order valence-electron chi connectivity index (χ3n) is 3.88. The lowest BCUT2D eigenvalue weighted by Crippen LogP contribution is -2.22. The Morgan fingerprint density at radius 3 is 2.62 bits per heavy atom. The van der Waals surface area contributed by atoms with E-state index in [4.69, 9.17) is 0 Å². The first-order chi connectivity index (χ1) is 12.1. The predicted molar refractivity (Wildman–Crippen MR) is 92.2 cm³/mol. The van der Waals surface area contributed by atoms with Crippen molar-refractivity contribution in [2.24, 2.45) is 0 Å². The van der Waals surface area contributed by atoms with E-state index in [1.807, 2.05) is 0 Å². The van der Waals surface area contributed by atoms with E-state index in [-0.39, 0.29) is 29.2 Å². The van der Waals surface area contributed by atoms with Crippen LogP contribution >= 0.6 is 0 Å². The lowest BCUT2D eigenvalue weighted by Gasteiger charge is -2.14. The molecule has 1 aromatic carbocycles. The van der Waals surface area contributed by atoms with Crippen LogP contribution in [-0.4, -0.2) is 35.9 Å². The number of anilines is 3. The van der Waals surface area contributed by atoms with Gasteiger partial charge >= 0.3 is 6.18 Å². The molecule has 0 spiro atoms. The summed E-state index contributed by atoms with van der Waals surface area (Å²) in [5.74, 6) is 0.689. The van der Waals surface area contributed by atoms with Crippen LogP contribution in [0, 0.1) is 6.92 Å². The van der Waals surface area contributed by atoms with Gasteiger partial charge in [0.25, 0.3) is 0 Å². The molecule has 140 valence electrons. The highest BCUT2D eigenvalue weighted by atomic mass is 32.2. The molecule has 0 amide bonds. The van der Waals surface area contributed by atoms with Crippen molar-refractivity contribution in [3.05, 3.63) is 41.6 Å². The van der Waals surface area contributed by atoms with Crippen molar-refractivity contribution < 1.29 is 21.6 Å². The zero-order valence-electron chi connectivity index (χ0n) is 13.8. The van der Waals surface area contributed by atoms with Gasteiger partial charge in [0.05, 0.1) is 17.1 Å². The number of rotatable bonds is 4. The summed E-state index contributed by atoms with van der Waals surface area (Å²) in [6.45, 7) is 1.72. The number of hydrogen-bond acceptors (Lipinski definition) is 6. The minimum absolute atomic E-state index is 0.0146. The van der Waals surface area contributed by atoms with E-state index in [9.17, 15) is 21.6 Å². The molecule has 1 atom stereocenters. The van der Waals surface area contributed by atoms with Crippen LogP contribution < -0.4 is 10.6 Å². The normalized spacial score (nSPS) is 19.3. The van der Waals surface area contributed by atoms with E-state index in [0.717, 1.165) is 12.1 Å². The summed E-state index contributed by atoms with van der Waals surface area (Å²) in [5.41, 5.74) is 0.0768. The summed E-state index contributed by atoms with van der Waals surface area (Å²) >= 11 is 0. The number of nitrogens with one attached hydrogen (secondary N) is 2. The number of aromatic nitrogens is 2. The summed E-state index contributed by atoms with van der Waals surface area (Å²) in [6.07, 6.45) is -3.96. The van der Waals surface area contributed by atoms with Gasteiger partial charge < -0.3 is 10.6 Å². The predicted octanol–water partition coefficient (Wildman–Crippen LogP) is 3.15. The van der Waals surface area contributed by atoms with Crippen LogP contribution in [0.5, 0.6) is 0 Å². The van der Waals surface area contributed by atoms with Crippen LogP contribution in [-0.2, 0) is 16.0 Å². The van der Waals surface area contributed by atoms with E-state index in [1.165, 1.54) is 12.1 Å². The van der Waals surface area contributed by atoms with Gasteiger partial charge in [-0.05, 0) is 31.5 Å². The van der Waals surface area contributed by atoms with E-state index in [2.05, 4.69) is 20.6 Å². The Bertz CT molecular complexity index is 916. The zero-order valence-corrected chi connectivity index (χ0v) is 14.7. The van der Waals surface area contributed by atoms with Gasteiger partial charge in [0.2, 0.25) is 5.95 Å². The van der Waals surface area contributed by atoms with Crippen LogP contribution in [0.3, 0.4) is 0 Å². The molecule has 0 aliphatic carbocycles. The van der Waals surface area contributed by atoms with Crippen molar-refractivity contribution >= 4 is 27.3 Å². The molecule has 6 nitrogen and oxygen atoms in total. The molecular formula is C16H17F3N4O2S. The van der Waals surface area contributed by atoms with Gasteiger partial charge in [0.15, 0.2) is 9.84 Å². The van der Waals surface area contributed by atoms with Crippen molar-refractivity contribution in [1.29, 1.82) is 0 Å². The molecule has 1 aliphatic heterocycles. The van der Waals surface area contributed by atoms with Crippen LogP contribution in [0.15, 0.2) is 30.3 Å². The smallest absolute Gasteiger partial charge is 0.350 e. The van der Waals surface area contributed by atoms with Crippen molar-refractivity contribution in [2.45, 2.75) is 25.6 Å². The minimum atomic E-state index is -4.43. The first-order valence-corrected chi connectivity index (χ1v) is 9.70. The van der Waals surface area contributed by atoms with Crippen molar-refractivity contribution in [3.8, 4) is 0 Å². The number of benzene rings is 1. The van der Waals surface area contributed by atoms with E-state index >= 15 is 0 Å². The number of alkyl halides is 3. The molecule has 1 unspecified atom stereocenters. The van der Waals surface area contributed by atoms with E-state index in [1.54, 1.807) is 13.0 Å². The SMILES string of the molecule is Cc1cc(Nc2cccc(C(F)(F)F)c2)nc(NC2CCS(=O)(=O)C2)n1. The molecule has 3 rings (SSSR count). The maximum Gasteiger partial charge on any atom is 0.416 e. The summed E-state index contributed by atoms with van der Waals surface area (Å²) in [4.78, 5) is 8.43. The molecule has 2 N–H and O–H groups in total. The fourth-order valence-electron chi connectivity index (χ4n) is 2.71. The summed E-state index contributed by atoms with van der Waals surface area (Å²) < 4.78 is 61.5. The maximum absolute atomic E-state index is 12.8. The Labute approximate surface area is 148 Å². The fourth-order valence-corrected chi connectivity index (χ4v) is 4.38. The average molecular weight is 386 g/mol. The van der Waals surface area contributed by atoms with Crippen molar-refractivity contribution in [1.82, 2.24) is 9.97 Å². The number of nitrogens with zero attached hydrogens (tertiary/aromatic N) is 2. The Morgan fingerprint density at radius 1 is 1.19 bits per heavy atom. The van der Waals surface area contributed by atoms with Gasteiger partial charge in [-0.25, -0.2) is 13.4 Å². The number of halogens is 3. The van der Waals surface area contributed by atoms with Crippen molar-refractivity contribution in [2.75, 3.05) is 22.1 Å². The topological polar surface area (TPSA) is 84.0 Å². The molecule has 26 heavy (non-hydrogen) atoms. The molecule has 2 heterocycles. The van der Waals surface area contributed by atoms with E-state index in [0.29, 0.717) is 17.9 Å². The molecule has 0 saturated carbocycles. The quantitative estimate of drug-likeness (QED) is 0.840. The highest BCUT2D eigenvalue weighted by molar-refractivity contribution is 7.91. The fraction of sp³-hybridized carbons (Fsp3) is 0.375. The van der Waals surface area contributed by atoms with Crippen LogP contribution in [0.2, 0.25) is 0 Å². The highest BCUT2D eigenvalue weighted by Crippen LogP contribution is 2.31. The first kappa shape index (κ1) is 18.4. The van der Waals surface area contributed by atoms with Gasteiger partial charge in [0.1, 0.15) is 5.82 Å². The molecular weight excluding hydrogens is 369 g/mol. The Hall–Kier alpha value is -2.36. The lowest BCUT2D eigenvalue weighted by molar-refractivity contribution is -0.137. The number of aryl methyl sites for hydroxylation is 1. The van der Waals surface area contributed by atoms with Gasteiger partial charge in [-0.3, -0.25) is 0 Å². The zero-order chi connectivity index (χ0) is 18.9. The molecule has 0 radical (unpaired) electrons. The van der Waals surface area contributed by atoms with Gasteiger partial charge in [-0.15, -0.1) is 0 Å². The summed E-state index contributed by atoms with van der Waals surface area (Å²) in [7, 11) is -3.04. The van der Waals surface area contributed by atoms with E-state index < -0.39 is 21.6 Å². The van der Waals surface area contributed by atoms with Crippen LogP contribution in [0.1, 0.15) is 17.7 Å². The highest BCUT2D eigenvalue weighted by Gasteiger charge is 2.30. The summed E-state index contributed by atoms with van der Waals surface area (Å²) in [6, 6.07) is 6.11. The van der Waals surface area contributed by atoms with Gasteiger partial charge in [0, 0.05) is 23.5 Å². The lowest BCUT2D eigenvalue weighted by atomic mass is 10.2. The average Bonchev–Trinajstić information content (AvgIpc) is 2.85. The maximum atomic E-state index is 12.8. The number of hydrogen-bond donors (Lipinski definition) is 2. The van der Waals surface area contributed by atoms with Crippen LogP contribution in [0.25, 0.3) is 0 Å². The second-order valence-electron chi connectivity index (χ2n) is 6.17. The Morgan fingerprint density at radius 2 is 1.96 bits per heavy atom. The molecule has 1 fully saturated rings. The molecule has 2 aromatic rings. The van der Waals surface area contributed by atoms with Crippen molar-refractivity contribution in [3.63, 3.8) is 0 Å². The Kier molecular flexibility index (Phi) is 4.78. The van der Waals surface area contributed by atoms with Gasteiger partial charge in [-0.2, -0.15) is 18.2 Å². The third-order valence-corrected chi connectivity index (χ3v) is 5.65. The number of sulfone groups is 1. The standard InChI is InChI=1S/C16H17F3N4O2S/c1-10-7-14(21-12-4-2-3-11(8-12)16(17,18)19)23-15(20-10)22-13-5-6-26(24,25)9-13/h2-4,7-8,13H,5-6,9H2,1H3,(H2,20,21,22,23). The second-order valence-corrected chi connectivity index (χ2v) is 8.39. The Balaban J connectivity index is 1.78. The molecule has 1 aromatic heterocycles. The molecule has 10 heteroatoms. The first-order valence-electron chi connectivity index (χ1n) is 7.88.